The second kappa shape index (κ2) is 6.30. The van der Waals surface area contributed by atoms with E-state index in [1.165, 1.54) is 0 Å². The van der Waals surface area contributed by atoms with Crippen molar-refractivity contribution < 1.29 is 9.84 Å². The number of ether oxygens (including phenoxy) is 1. The van der Waals surface area contributed by atoms with Gasteiger partial charge in [0.2, 0.25) is 0 Å². The van der Waals surface area contributed by atoms with E-state index in [2.05, 4.69) is 47.3 Å². The van der Waals surface area contributed by atoms with Crippen LogP contribution in [0.5, 0.6) is 0 Å². The normalized spacial score (nSPS) is 14.0. The predicted octanol–water partition coefficient (Wildman–Crippen LogP) is 2.85. The third-order valence-corrected chi connectivity index (χ3v) is 4.96. The second-order valence-electron chi connectivity index (χ2n) is 5.44. The van der Waals surface area contributed by atoms with Gasteiger partial charge in [-0.05, 0) is 35.6 Å². The smallest absolute Gasteiger partial charge is 0.139 e. The maximum absolute atomic E-state index is 9.50. The molecule has 0 aliphatic rings. The summed E-state index contributed by atoms with van der Waals surface area (Å²) in [7, 11) is -1.02. The molecule has 1 heterocycles. The van der Waals surface area contributed by atoms with E-state index in [1.54, 1.807) is 11.6 Å². The maximum Gasteiger partial charge on any atom is 0.139 e. The first-order chi connectivity index (χ1) is 7.79. The largest absolute Gasteiger partial charge is 0.389 e. The van der Waals surface area contributed by atoms with Crippen molar-refractivity contribution in [1.29, 1.82) is 0 Å². The van der Waals surface area contributed by atoms with Crippen molar-refractivity contribution in [3.05, 3.63) is 15.5 Å². The van der Waals surface area contributed by atoms with Gasteiger partial charge in [0.1, 0.15) is 10.4 Å². The molecule has 6 heteroatoms. The fraction of sp³-hybridized carbons (Fsp3) is 0.727. The molecule has 1 atom stereocenters. The maximum atomic E-state index is 9.50. The molecule has 0 saturated carbocycles. The lowest BCUT2D eigenvalue weighted by molar-refractivity contribution is 0.0781. The monoisotopic (exact) mass is 368 g/mol. The van der Waals surface area contributed by atoms with Crippen LogP contribution in [0.3, 0.4) is 0 Å². The van der Waals surface area contributed by atoms with Gasteiger partial charge < -0.3 is 9.84 Å². The summed E-state index contributed by atoms with van der Waals surface area (Å²) in [5, 5.41) is 13.8. The first-order valence-corrected chi connectivity index (χ1v) is 10.6. The minimum atomic E-state index is -1.02. The Morgan fingerprint density at radius 1 is 1.53 bits per heavy atom. The number of aromatic nitrogens is 2. The fourth-order valence-corrected chi connectivity index (χ4v) is 2.92. The molecular weight excluding hydrogens is 347 g/mol. The fourth-order valence-electron chi connectivity index (χ4n) is 1.30. The molecule has 4 nitrogen and oxygen atoms in total. The van der Waals surface area contributed by atoms with E-state index in [0.717, 1.165) is 21.9 Å². The van der Waals surface area contributed by atoms with Crippen molar-refractivity contribution in [2.24, 2.45) is 0 Å². The van der Waals surface area contributed by atoms with Crippen LogP contribution in [0.25, 0.3) is 0 Å². The highest BCUT2D eigenvalue weighted by Crippen LogP contribution is 2.18. The Kier molecular flexibility index (Phi) is 5.61. The van der Waals surface area contributed by atoms with Gasteiger partial charge in [-0.15, -0.1) is 0 Å². The molecule has 17 heavy (non-hydrogen) atoms. The van der Waals surface area contributed by atoms with Gasteiger partial charge in [0.05, 0.1) is 6.10 Å². The van der Waals surface area contributed by atoms with Gasteiger partial charge in [0.15, 0.2) is 0 Å². The average Bonchev–Trinajstić information content (AvgIpc) is 2.53. The molecule has 1 aromatic heterocycles. The molecule has 0 fully saturated rings. The summed E-state index contributed by atoms with van der Waals surface area (Å²) in [6, 6.07) is 1.16. The molecule has 0 aromatic carbocycles. The minimum Gasteiger partial charge on any atom is -0.389 e. The molecule has 0 aliphatic carbocycles. The summed E-state index contributed by atoms with van der Waals surface area (Å²) in [5.74, 6) is 0. The van der Waals surface area contributed by atoms with Crippen LogP contribution in [-0.2, 0) is 11.5 Å². The Hall–Kier alpha value is 0.0769. The van der Waals surface area contributed by atoms with Crippen LogP contribution in [0, 0.1) is 3.70 Å². The quantitative estimate of drug-likeness (QED) is 0.477. The highest BCUT2D eigenvalue weighted by molar-refractivity contribution is 14.1. The van der Waals surface area contributed by atoms with Gasteiger partial charge in [-0.1, -0.05) is 19.6 Å². The van der Waals surface area contributed by atoms with E-state index < -0.39 is 14.2 Å². The van der Waals surface area contributed by atoms with E-state index in [0.29, 0.717) is 6.73 Å². The van der Waals surface area contributed by atoms with Crippen LogP contribution in [0.15, 0.2) is 6.20 Å². The highest BCUT2D eigenvalue weighted by Gasteiger charge is 2.13. The summed E-state index contributed by atoms with van der Waals surface area (Å²) in [4.78, 5) is 0. The van der Waals surface area contributed by atoms with Crippen molar-refractivity contribution in [2.45, 2.75) is 45.4 Å². The van der Waals surface area contributed by atoms with E-state index in [-0.39, 0.29) is 0 Å². The lowest BCUT2D eigenvalue weighted by Crippen LogP contribution is -2.22. The van der Waals surface area contributed by atoms with Crippen molar-refractivity contribution in [1.82, 2.24) is 9.78 Å². The molecular formula is C11H21IN2O2Si. The topological polar surface area (TPSA) is 47.3 Å². The summed E-state index contributed by atoms with van der Waals surface area (Å²) >= 11 is 2.13. The van der Waals surface area contributed by atoms with Crippen LogP contribution >= 0.6 is 22.6 Å². The van der Waals surface area contributed by atoms with Crippen LogP contribution in [0.2, 0.25) is 25.7 Å². The van der Waals surface area contributed by atoms with Gasteiger partial charge in [-0.2, -0.15) is 5.10 Å². The Morgan fingerprint density at radius 3 is 2.65 bits per heavy atom. The van der Waals surface area contributed by atoms with Crippen molar-refractivity contribution in [2.75, 3.05) is 6.61 Å². The van der Waals surface area contributed by atoms with Gasteiger partial charge in [0, 0.05) is 26.4 Å². The second-order valence-corrected chi connectivity index (χ2v) is 12.1. The van der Waals surface area contributed by atoms with Crippen molar-refractivity contribution in [3.63, 3.8) is 0 Å². The molecule has 1 unspecified atom stereocenters. The number of hydrogen-bond donors (Lipinski definition) is 1. The third kappa shape index (κ3) is 5.50. The number of hydrogen-bond acceptors (Lipinski definition) is 3. The minimum absolute atomic E-state index is 0.465. The number of halogens is 1. The molecule has 0 saturated heterocycles. The van der Waals surface area contributed by atoms with Crippen LogP contribution in [0.4, 0.5) is 0 Å². The van der Waals surface area contributed by atoms with E-state index in [1.807, 2.05) is 6.20 Å². The molecule has 0 radical (unpaired) electrons. The zero-order valence-electron chi connectivity index (χ0n) is 10.9. The van der Waals surface area contributed by atoms with Gasteiger partial charge in [-0.3, -0.25) is 0 Å². The molecule has 1 aromatic rings. The Bertz CT molecular complexity index is 361. The molecule has 0 spiro atoms. The van der Waals surface area contributed by atoms with Gasteiger partial charge in [-0.25, -0.2) is 4.68 Å². The first kappa shape index (κ1) is 15.1. The number of aliphatic hydroxyl groups excluding tert-OH is 1. The summed E-state index contributed by atoms with van der Waals surface area (Å²) in [5.41, 5.74) is 0.861. The third-order valence-electron chi connectivity index (χ3n) is 2.41. The van der Waals surface area contributed by atoms with Crippen LogP contribution in [0.1, 0.15) is 18.6 Å². The summed E-state index contributed by atoms with van der Waals surface area (Å²) in [6.45, 7) is 10.00. The molecule has 0 bridgehead atoms. The molecule has 98 valence electrons. The lowest BCUT2D eigenvalue weighted by Gasteiger charge is -2.15. The molecule has 1 N–H and O–H groups in total. The van der Waals surface area contributed by atoms with E-state index in [9.17, 15) is 5.11 Å². The van der Waals surface area contributed by atoms with Crippen LogP contribution < -0.4 is 0 Å². The number of rotatable bonds is 6. The molecule has 0 aliphatic heterocycles. The lowest BCUT2D eigenvalue weighted by atomic mass is 10.2. The zero-order chi connectivity index (χ0) is 13.1. The van der Waals surface area contributed by atoms with Gasteiger partial charge in [0.25, 0.3) is 0 Å². The van der Waals surface area contributed by atoms with E-state index >= 15 is 0 Å². The Balaban J connectivity index is 2.40. The molecule has 0 amide bonds. The zero-order valence-corrected chi connectivity index (χ0v) is 14.1. The standard InChI is InChI=1S/C11H21IN2O2Si/c1-9(15)10-7-14(13-11(10)12)8-16-5-6-17(2,3)4/h7,9,15H,5-6,8H2,1-4H3. The van der Waals surface area contributed by atoms with E-state index in [4.69, 9.17) is 4.74 Å². The van der Waals surface area contributed by atoms with Crippen molar-refractivity contribution in [3.8, 4) is 0 Å². The predicted molar refractivity (Wildman–Crippen MR) is 79.7 cm³/mol. The summed E-state index contributed by atoms with van der Waals surface area (Å²) in [6.07, 6.45) is 1.37. The number of nitrogens with zero attached hydrogens (tertiary/aromatic N) is 2. The highest BCUT2D eigenvalue weighted by atomic mass is 127. The average molecular weight is 368 g/mol. The van der Waals surface area contributed by atoms with Gasteiger partial charge >= 0.3 is 0 Å². The van der Waals surface area contributed by atoms with Crippen LogP contribution in [-0.4, -0.2) is 29.6 Å². The first-order valence-electron chi connectivity index (χ1n) is 5.78. The SMILES string of the molecule is CC(O)c1cn(COCC[Si](C)(C)C)nc1I. The summed E-state index contributed by atoms with van der Waals surface area (Å²) < 4.78 is 8.18. The van der Waals surface area contributed by atoms with Crippen molar-refractivity contribution >= 4 is 30.7 Å². The Morgan fingerprint density at radius 2 is 2.18 bits per heavy atom. The number of aliphatic hydroxyl groups is 1. The Labute approximate surface area is 118 Å². The molecule has 1 rings (SSSR count).